The molecule has 11 heteroatoms. The monoisotopic (exact) mass is 498 g/mol. The highest BCUT2D eigenvalue weighted by Crippen LogP contribution is 2.30. The molecule has 4 rings (SSSR count). The maximum Gasteiger partial charge on any atom is 0.243 e. The van der Waals surface area contributed by atoms with Gasteiger partial charge in [-0.15, -0.1) is 0 Å². The highest BCUT2D eigenvalue weighted by molar-refractivity contribution is 7.89. The molecule has 9 nitrogen and oxygen atoms in total. The Labute approximate surface area is 201 Å². The fourth-order valence-corrected chi connectivity index (χ4v) is 5.39. The summed E-state index contributed by atoms with van der Waals surface area (Å²) in [6.45, 7) is 0. The van der Waals surface area contributed by atoms with Gasteiger partial charge in [0.2, 0.25) is 15.9 Å². The van der Waals surface area contributed by atoms with Crippen LogP contribution in [-0.2, 0) is 21.2 Å². The molecule has 1 atom stereocenters. The molecule has 0 saturated heterocycles. The van der Waals surface area contributed by atoms with Crippen LogP contribution in [0, 0.1) is 0 Å². The van der Waals surface area contributed by atoms with Crippen LogP contribution in [0.5, 0.6) is 11.5 Å². The Morgan fingerprint density at radius 1 is 0.971 bits per heavy atom. The molecule has 0 aliphatic heterocycles. The Balaban J connectivity index is 1.64. The number of rotatable bonds is 9. The number of carbonyl (C=O) groups excluding carboxylic acids is 1. The minimum atomic E-state index is -4.09. The van der Waals surface area contributed by atoms with E-state index < -0.39 is 22.0 Å². The quantitative estimate of drug-likeness (QED) is 0.364. The van der Waals surface area contributed by atoms with E-state index in [2.05, 4.69) is 18.8 Å². The highest BCUT2D eigenvalue weighted by Gasteiger charge is 2.28. The topological polar surface area (TPSA) is 120 Å². The van der Waals surface area contributed by atoms with E-state index in [1.165, 1.54) is 20.3 Å². The molecule has 0 saturated carbocycles. The molecule has 0 bridgehead atoms. The minimum Gasteiger partial charge on any atom is -0.493 e. The summed E-state index contributed by atoms with van der Waals surface area (Å²) in [6.07, 6.45) is 0.143. The molecule has 3 aromatic carbocycles. The smallest absolute Gasteiger partial charge is 0.243 e. The number of fused-ring (bicyclic) bond motifs is 1. The second-order valence-corrected chi connectivity index (χ2v) is 9.52. The van der Waals surface area contributed by atoms with Crippen molar-refractivity contribution in [2.45, 2.75) is 17.4 Å². The first kappa shape index (κ1) is 23.6. The molecule has 0 radical (unpaired) electrons. The van der Waals surface area contributed by atoms with Crippen LogP contribution in [0.4, 0.5) is 5.69 Å². The van der Waals surface area contributed by atoms with Gasteiger partial charge in [-0.3, -0.25) is 4.79 Å². The van der Waals surface area contributed by atoms with Crippen molar-refractivity contribution in [2.75, 3.05) is 19.5 Å². The molecule has 0 spiro atoms. The van der Waals surface area contributed by atoms with Gasteiger partial charge in [0.15, 0.2) is 11.5 Å². The maximum atomic E-state index is 13.3. The van der Waals surface area contributed by atoms with Crippen molar-refractivity contribution in [3.63, 3.8) is 0 Å². The summed E-state index contributed by atoms with van der Waals surface area (Å²) < 4.78 is 47.9. The number of amides is 1. The molecule has 1 heterocycles. The van der Waals surface area contributed by atoms with Crippen LogP contribution >= 0.6 is 11.7 Å². The average Bonchev–Trinajstić information content (AvgIpc) is 3.33. The number of carbonyl (C=O) groups is 1. The first-order valence-corrected chi connectivity index (χ1v) is 12.4. The third-order valence-electron chi connectivity index (χ3n) is 5.09. The zero-order valence-corrected chi connectivity index (χ0v) is 20.0. The number of anilines is 1. The Kier molecular flexibility index (Phi) is 7.06. The molecule has 2 N–H and O–H groups in total. The van der Waals surface area contributed by atoms with Crippen LogP contribution in [0.25, 0.3) is 11.0 Å². The lowest BCUT2D eigenvalue weighted by atomic mass is 10.1. The molecule has 1 aromatic heterocycles. The number of hydrogen-bond acceptors (Lipinski definition) is 8. The fourth-order valence-electron chi connectivity index (χ4n) is 3.43. The number of hydrogen-bond donors (Lipinski definition) is 2. The number of aromatic nitrogens is 2. The van der Waals surface area contributed by atoms with E-state index in [-0.39, 0.29) is 16.8 Å². The Bertz CT molecular complexity index is 1410. The molecular weight excluding hydrogens is 476 g/mol. The van der Waals surface area contributed by atoms with Crippen molar-refractivity contribution in [1.82, 2.24) is 13.5 Å². The van der Waals surface area contributed by atoms with E-state index in [1.54, 1.807) is 30.3 Å². The first-order chi connectivity index (χ1) is 16.4. The Hall–Kier alpha value is -3.54. The maximum absolute atomic E-state index is 13.3. The Morgan fingerprint density at radius 3 is 2.47 bits per heavy atom. The van der Waals surface area contributed by atoms with Crippen molar-refractivity contribution >= 4 is 44.4 Å². The van der Waals surface area contributed by atoms with Gasteiger partial charge >= 0.3 is 0 Å². The number of sulfonamides is 1. The fraction of sp³-hybridized carbons (Fsp3) is 0.174. The van der Waals surface area contributed by atoms with E-state index in [4.69, 9.17) is 9.47 Å². The third-order valence-corrected chi connectivity index (χ3v) is 7.13. The van der Waals surface area contributed by atoms with Crippen molar-refractivity contribution in [2.24, 2.45) is 0 Å². The molecule has 4 aromatic rings. The number of benzene rings is 3. The summed E-state index contributed by atoms with van der Waals surface area (Å²) in [5.74, 6) is 0.415. The van der Waals surface area contributed by atoms with Gasteiger partial charge in [-0.05, 0) is 36.2 Å². The van der Waals surface area contributed by atoms with Crippen LogP contribution in [0.15, 0.2) is 71.6 Å². The Morgan fingerprint density at radius 2 is 1.74 bits per heavy atom. The van der Waals surface area contributed by atoms with Gasteiger partial charge in [0.05, 0.1) is 25.9 Å². The van der Waals surface area contributed by atoms with Crippen LogP contribution < -0.4 is 19.5 Å². The van der Waals surface area contributed by atoms with E-state index in [9.17, 15) is 13.2 Å². The summed E-state index contributed by atoms with van der Waals surface area (Å²) in [5, 5.41) is 2.77. The second-order valence-electron chi connectivity index (χ2n) is 7.31. The molecule has 0 aliphatic rings. The van der Waals surface area contributed by atoms with Gasteiger partial charge in [0.25, 0.3) is 0 Å². The molecule has 0 unspecified atom stereocenters. The van der Waals surface area contributed by atoms with Gasteiger partial charge < -0.3 is 14.8 Å². The van der Waals surface area contributed by atoms with Crippen molar-refractivity contribution < 1.29 is 22.7 Å². The predicted molar refractivity (Wildman–Crippen MR) is 130 cm³/mol. The van der Waals surface area contributed by atoms with E-state index in [1.807, 2.05) is 30.3 Å². The lowest BCUT2D eigenvalue weighted by molar-refractivity contribution is -0.117. The summed E-state index contributed by atoms with van der Waals surface area (Å²) in [7, 11) is -1.09. The summed E-state index contributed by atoms with van der Waals surface area (Å²) >= 11 is 0.926. The van der Waals surface area contributed by atoms with Crippen LogP contribution in [0.3, 0.4) is 0 Å². The van der Waals surface area contributed by atoms with Gasteiger partial charge in [-0.1, -0.05) is 36.4 Å². The van der Waals surface area contributed by atoms with Crippen molar-refractivity contribution in [3.8, 4) is 11.5 Å². The summed E-state index contributed by atoms with van der Waals surface area (Å²) in [4.78, 5) is 13.2. The van der Waals surface area contributed by atoms with E-state index in [0.717, 1.165) is 17.3 Å². The molecule has 0 aliphatic carbocycles. The van der Waals surface area contributed by atoms with Gasteiger partial charge in [-0.2, -0.15) is 13.5 Å². The van der Waals surface area contributed by atoms with E-state index >= 15 is 0 Å². The van der Waals surface area contributed by atoms with Crippen LogP contribution in [0.2, 0.25) is 0 Å². The van der Waals surface area contributed by atoms with Crippen molar-refractivity contribution in [1.29, 1.82) is 0 Å². The first-order valence-electron chi connectivity index (χ1n) is 10.2. The van der Waals surface area contributed by atoms with Gasteiger partial charge in [0.1, 0.15) is 22.0 Å². The largest absolute Gasteiger partial charge is 0.493 e. The molecule has 176 valence electrons. The second kappa shape index (κ2) is 10.2. The third kappa shape index (κ3) is 5.16. The zero-order chi connectivity index (χ0) is 24.1. The standard InChI is InChI=1S/C23H22N4O5S2/c1-31-19-12-11-16(14-20(19)32-2)24-23(28)18(13-15-7-4-3-5-8-15)27-34(29,30)21-10-6-9-17-22(21)26-33-25-17/h3-12,14,18,27H,13H2,1-2H3,(H,24,28)/t18-/m1/s1. The predicted octanol–water partition coefficient (Wildman–Crippen LogP) is 3.24. The molecular formula is C23H22N4O5S2. The van der Waals surface area contributed by atoms with Gasteiger partial charge in [0, 0.05) is 11.8 Å². The molecule has 1 amide bonds. The summed E-state index contributed by atoms with van der Waals surface area (Å²) in [6, 6.07) is 17.7. The number of nitrogens with zero attached hydrogens (tertiary/aromatic N) is 2. The lowest BCUT2D eigenvalue weighted by Crippen LogP contribution is -2.45. The van der Waals surface area contributed by atoms with Crippen molar-refractivity contribution in [3.05, 3.63) is 72.3 Å². The zero-order valence-electron chi connectivity index (χ0n) is 18.4. The number of nitrogens with one attached hydrogen (secondary N) is 2. The normalized spacial score (nSPS) is 12.3. The summed E-state index contributed by atoms with van der Waals surface area (Å²) in [5.41, 5.74) is 1.97. The van der Waals surface area contributed by atoms with Gasteiger partial charge in [-0.25, -0.2) is 8.42 Å². The van der Waals surface area contributed by atoms with Crippen LogP contribution in [-0.4, -0.2) is 43.3 Å². The average molecular weight is 499 g/mol. The highest BCUT2D eigenvalue weighted by atomic mass is 32.2. The lowest BCUT2D eigenvalue weighted by Gasteiger charge is -2.19. The number of ether oxygens (including phenoxy) is 2. The van der Waals surface area contributed by atoms with Crippen LogP contribution in [0.1, 0.15) is 5.56 Å². The SMILES string of the molecule is COc1ccc(NC(=O)[C@@H](Cc2ccccc2)NS(=O)(=O)c2cccc3nsnc23)cc1OC. The molecule has 34 heavy (non-hydrogen) atoms. The van der Waals surface area contributed by atoms with E-state index in [0.29, 0.717) is 22.7 Å². The number of methoxy groups -OCH3 is 2. The molecule has 0 fully saturated rings. The minimum absolute atomic E-state index is 0.0317.